The maximum absolute atomic E-state index is 12.4. The van der Waals surface area contributed by atoms with Crippen molar-refractivity contribution in [3.63, 3.8) is 0 Å². The van der Waals surface area contributed by atoms with Gasteiger partial charge in [0, 0.05) is 55.5 Å². The number of urea groups is 1. The molecule has 3 N–H and O–H groups in total. The standard InChI is InChI=1S/C29H35N9O4/c1-28(2,3)29-16-22(17-38(29)27(40)41)37(18-29)25-34-23(33-24(35-25)36-12-14-42-15-13-36)19-4-6-20(7-5-19)31-26(39)32-21-8-10-30-11-9-21/h4-11,22H,12-18H2,1-3H3,(H,40,41)(H2,30,31,32,39)/t22-,29+/m1/s1. The Morgan fingerprint density at radius 1 is 0.952 bits per heavy atom. The second kappa shape index (κ2) is 10.7. The number of morpholine rings is 1. The Balaban J connectivity index is 1.28. The minimum Gasteiger partial charge on any atom is -0.465 e. The number of pyridine rings is 1. The molecule has 2 bridgehead atoms. The maximum atomic E-state index is 12.4. The van der Waals surface area contributed by atoms with Gasteiger partial charge in [0.2, 0.25) is 11.9 Å². The largest absolute Gasteiger partial charge is 0.465 e. The van der Waals surface area contributed by atoms with E-state index in [0.717, 1.165) is 12.0 Å². The lowest BCUT2D eigenvalue weighted by atomic mass is 9.73. The molecular weight excluding hydrogens is 538 g/mol. The highest BCUT2D eigenvalue weighted by atomic mass is 16.5. The van der Waals surface area contributed by atoms with E-state index in [4.69, 9.17) is 19.7 Å². The summed E-state index contributed by atoms with van der Waals surface area (Å²) in [4.78, 5) is 49.1. The summed E-state index contributed by atoms with van der Waals surface area (Å²) < 4.78 is 5.55. The lowest BCUT2D eigenvalue weighted by Gasteiger charge is -2.48. The molecular formula is C29H35N9O4. The van der Waals surface area contributed by atoms with Crippen LogP contribution in [0.4, 0.5) is 32.9 Å². The number of benzene rings is 1. The first-order chi connectivity index (χ1) is 20.1. The number of carbonyl (C=O) groups excluding carboxylic acids is 1. The van der Waals surface area contributed by atoms with E-state index in [9.17, 15) is 14.7 Å². The topological polar surface area (TPSA) is 149 Å². The number of aromatic nitrogens is 4. The van der Waals surface area contributed by atoms with Gasteiger partial charge in [-0.3, -0.25) is 9.88 Å². The third-order valence-corrected chi connectivity index (χ3v) is 8.48. The van der Waals surface area contributed by atoms with E-state index >= 15 is 0 Å². The highest BCUT2D eigenvalue weighted by Gasteiger charge is 2.62. The quantitative estimate of drug-likeness (QED) is 0.412. The van der Waals surface area contributed by atoms with E-state index in [-0.39, 0.29) is 17.5 Å². The molecule has 5 heterocycles. The first-order valence-corrected chi connectivity index (χ1v) is 14.1. The minimum atomic E-state index is -0.888. The van der Waals surface area contributed by atoms with Gasteiger partial charge in [-0.05, 0) is 48.2 Å². The second-order valence-corrected chi connectivity index (χ2v) is 11.9. The first-order valence-electron chi connectivity index (χ1n) is 14.1. The van der Waals surface area contributed by atoms with Crippen LogP contribution < -0.4 is 20.4 Å². The van der Waals surface area contributed by atoms with Crippen molar-refractivity contribution in [1.82, 2.24) is 24.8 Å². The summed E-state index contributed by atoms with van der Waals surface area (Å²) in [6.07, 6.45) is 3.05. The van der Waals surface area contributed by atoms with Crippen LogP contribution in [0.15, 0.2) is 48.8 Å². The van der Waals surface area contributed by atoms with Crippen molar-refractivity contribution in [2.75, 3.05) is 59.8 Å². The molecule has 1 aromatic carbocycles. The van der Waals surface area contributed by atoms with Crippen molar-refractivity contribution in [1.29, 1.82) is 0 Å². The molecule has 0 spiro atoms. The van der Waals surface area contributed by atoms with Gasteiger partial charge in [0.1, 0.15) is 0 Å². The molecule has 13 nitrogen and oxygen atoms in total. The Morgan fingerprint density at radius 2 is 1.60 bits per heavy atom. The van der Waals surface area contributed by atoms with Crippen molar-refractivity contribution in [2.45, 2.75) is 38.8 Å². The molecule has 3 saturated heterocycles. The average Bonchev–Trinajstić information content (AvgIpc) is 3.57. The van der Waals surface area contributed by atoms with Gasteiger partial charge in [-0.15, -0.1) is 0 Å². The molecule has 0 aliphatic carbocycles. The fraction of sp³-hybridized carbons (Fsp3) is 0.448. The number of nitrogens with one attached hydrogen (secondary N) is 2. The number of piperazine rings is 1. The SMILES string of the molecule is CC(C)(C)[C@@]12C[C@H](CN1C(=O)O)N(c1nc(-c3ccc(NC(=O)Nc4ccncc4)cc3)nc(N3CCOCC3)n1)C2. The summed E-state index contributed by atoms with van der Waals surface area (Å²) in [6, 6.07) is 10.4. The van der Waals surface area contributed by atoms with Crippen LogP contribution in [0.5, 0.6) is 0 Å². The van der Waals surface area contributed by atoms with E-state index in [2.05, 4.69) is 46.2 Å². The van der Waals surface area contributed by atoms with Gasteiger partial charge in [-0.25, -0.2) is 9.59 Å². The summed E-state index contributed by atoms with van der Waals surface area (Å²) >= 11 is 0. The molecule has 2 atom stereocenters. The molecule has 0 unspecified atom stereocenters. The van der Waals surface area contributed by atoms with Gasteiger partial charge in [0.05, 0.1) is 24.8 Å². The highest BCUT2D eigenvalue weighted by Crippen LogP contribution is 2.51. The van der Waals surface area contributed by atoms with Crippen LogP contribution in [0, 0.1) is 5.41 Å². The van der Waals surface area contributed by atoms with Gasteiger partial charge in [-0.1, -0.05) is 20.8 Å². The zero-order chi connectivity index (χ0) is 29.5. The van der Waals surface area contributed by atoms with E-state index in [1.807, 2.05) is 12.1 Å². The van der Waals surface area contributed by atoms with Crippen molar-refractivity contribution < 1.29 is 19.4 Å². The minimum absolute atomic E-state index is 0.0291. The predicted octanol–water partition coefficient (Wildman–Crippen LogP) is 3.77. The number of rotatable bonds is 5. The van der Waals surface area contributed by atoms with Gasteiger partial charge in [0.15, 0.2) is 5.82 Å². The molecule has 3 aromatic rings. The van der Waals surface area contributed by atoms with Crippen molar-refractivity contribution >= 4 is 35.4 Å². The molecule has 13 heteroatoms. The van der Waals surface area contributed by atoms with Gasteiger partial charge < -0.3 is 30.3 Å². The molecule has 2 aromatic heterocycles. The van der Waals surface area contributed by atoms with Crippen LogP contribution in [0.2, 0.25) is 0 Å². The number of anilines is 4. The van der Waals surface area contributed by atoms with E-state index in [0.29, 0.717) is 68.5 Å². The molecule has 3 fully saturated rings. The Bertz CT molecular complexity index is 1460. The Kier molecular flexibility index (Phi) is 7.05. The fourth-order valence-corrected chi connectivity index (χ4v) is 6.11. The number of carboxylic acid groups (broad SMARTS) is 1. The van der Waals surface area contributed by atoms with Crippen LogP contribution in [-0.2, 0) is 4.74 Å². The third kappa shape index (κ3) is 5.15. The van der Waals surface area contributed by atoms with Crippen molar-refractivity contribution in [3.8, 4) is 11.4 Å². The number of likely N-dealkylation sites (tertiary alicyclic amines) is 1. The van der Waals surface area contributed by atoms with E-state index in [1.165, 1.54) is 0 Å². The molecule has 3 aliphatic rings. The van der Waals surface area contributed by atoms with E-state index < -0.39 is 11.6 Å². The normalized spacial score (nSPS) is 21.9. The number of hydrogen-bond donors (Lipinski definition) is 3. The average molecular weight is 574 g/mol. The summed E-state index contributed by atoms with van der Waals surface area (Å²) in [5.74, 6) is 1.62. The van der Waals surface area contributed by atoms with Gasteiger partial charge in [0.25, 0.3) is 0 Å². The zero-order valence-corrected chi connectivity index (χ0v) is 23.9. The molecule has 0 radical (unpaired) electrons. The van der Waals surface area contributed by atoms with Gasteiger partial charge >= 0.3 is 12.1 Å². The lowest BCUT2D eigenvalue weighted by Crippen LogP contribution is -2.62. The maximum Gasteiger partial charge on any atom is 0.407 e. The molecule has 220 valence electrons. The number of ether oxygens (including phenoxy) is 1. The first kappa shape index (κ1) is 27.6. The number of nitrogens with zero attached hydrogens (tertiary/aromatic N) is 7. The van der Waals surface area contributed by atoms with Crippen LogP contribution in [0.3, 0.4) is 0 Å². The van der Waals surface area contributed by atoms with E-state index in [1.54, 1.807) is 41.6 Å². The molecule has 0 saturated carbocycles. The number of amides is 3. The smallest absolute Gasteiger partial charge is 0.407 e. The Hall–Kier alpha value is -4.52. The third-order valence-electron chi connectivity index (χ3n) is 8.48. The monoisotopic (exact) mass is 573 g/mol. The van der Waals surface area contributed by atoms with Crippen LogP contribution in [0.1, 0.15) is 27.2 Å². The predicted molar refractivity (Wildman–Crippen MR) is 158 cm³/mol. The lowest BCUT2D eigenvalue weighted by molar-refractivity contribution is 0.0361. The molecule has 3 amide bonds. The number of carbonyl (C=O) groups is 2. The Labute approximate surface area is 243 Å². The van der Waals surface area contributed by atoms with Crippen molar-refractivity contribution in [3.05, 3.63) is 48.8 Å². The van der Waals surface area contributed by atoms with Crippen LogP contribution in [-0.4, -0.2) is 93.0 Å². The molecule has 42 heavy (non-hydrogen) atoms. The number of fused-ring (bicyclic) bond motifs is 2. The summed E-state index contributed by atoms with van der Waals surface area (Å²) in [5.41, 5.74) is 1.22. The summed E-state index contributed by atoms with van der Waals surface area (Å²) in [5, 5.41) is 15.6. The summed E-state index contributed by atoms with van der Waals surface area (Å²) in [7, 11) is 0. The Morgan fingerprint density at radius 3 is 2.24 bits per heavy atom. The molecule has 6 rings (SSSR count). The van der Waals surface area contributed by atoms with Crippen LogP contribution in [0.25, 0.3) is 11.4 Å². The van der Waals surface area contributed by atoms with Crippen molar-refractivity contribution in [2.24, 2.45) is 5.41 Å². The zero-order valence-electron chi connectivity index (χ0n) is 23.9. The number of hydrogen-bond acceptors (Lipinski definition) is 9. The molecule has 3 aliphatic heterocycles. The van der Waals surface area contributed by atoms with Crippen LogP contribution >= 0.6 is 0 Å². The summed E-state index contributed by atoms with van der Waals surface area (Å²) in [6.45, 7) is 9.72. The second-order valence-electron chi connectivity index (χ2n) is 11.9. The highest BCUT2D eigenvalue weighted by molar-refractivity contribution is 5.99. The fourth-order valence-electron chi connectivity index (χ4n) is 6.11. The van der Waals surface area contributed by atoms with Gasteiger partial charge in [-0.2, -0.15) is 15.0 Å².